The molecule has 1 fully saturated rings. The minimum absolute atomic E-state index is 0.0419. The van der Waals surface area contributed by atoms with E-state index in [1.165, 1.54) is 12.3 Å². The van der Waals surface area contributed by atoms with Gasteiger partial charge in [0.25, 0.3) is 5.91 Å². The summed E-state index contributed by atoms with van der Waals surface area (Å²) >= 11 is 0. The third kappa shape index (κ3) is 2.31. The number of benzene rings is 1. The van der Waals surface area contributed by atoms with E-state index in [9.17, 15) is 14.3 Å². The van der Waals surface area contributed by atoms with Crippen molar-refractivity contribution in [2.75, 3.05) is 6.61 Å². The Morgan fingerprint density at radius 1 is 1.57 bits per heavy atom. The average Bonchev–Trinajstić information content (AvgIpc) is 3.05. The first-order valence-electron chi connectivity index (χ1n) is 7.22. The van der Waals surface area contributed by atoms with Crippen molar-refractivity contribution in [2.24, 2.45) is 5.41 Å². The van der Waals surface area contributed by atoms with E-state index in [2.05, 4.69) is 10.3 Å². The van der Waals surface area contributed by atoms with E-state index in [1.807, 2.05) is 6.92 Å². The fraction of sp³-hybridized carbons (Fsp3) is 0.438. The van der Waals surface area contributed by atoms with Gasteiger partial charge in [-0.1, -0.05) is 19.4 Å². The van der Waals surface area contributed by atoms with Gasteiger partial charge in [-0.25, -0.2) is 4.39 Å². The summed E-state index contributed by atoms with van der Waals surface area (Å²) in [7, 11) is 0. The van der Waals surface area contributed by atoms with Crippen LogP contribution in [0, 0.1) is 11.2 Å². The van der Waals surface area contributed by atoms with Crippen molar-refractivity contribution >= 4 is 16.8 Å². The van der Waals surface area contributed by atoms with Crippen LogP contribution in [-0.2, 0) is 0 Å². The molecule has 1 aromatic heterocycles. The highest BCUT2D eigenvalue weighted by Crippen LogP contribution is 2.37. The van der Waals surface area contributed by atoms with Crippen molar-refractivity contribution in [1.82, 2.24) is 10.3 Å². The molecule has 2 unspecified atom stereocenters. The molecule has 112 valence electrons. The maximum atomic E-state index is 13.9. The second-order valence-electron chi connectivity index (χ2n) is 6.10. The number of aromatic nitrogens is 1. The molecule has 1 aromatic carbocycles. The number of aromatic amines is 1. The molecule has 2 atom stereocenters. The summed E-state index contributed by atoms with van der Waals surface area (Å²) in [5, 5.41) is 12.8. The molecular weight excluding hydrogens is 271 g/mol. The molecule has 3 rings (SSSR count). The van der Waals surface area contributed by atoms with Gasteiger partial charge in [0.15, 0.2) is 0 Å². The standard InChI is InChI=1S/C16H19FN2O2/c1-16(9-20)7-3-6-13(16)19-15(21)10-8-18-12-5-2-4-11(17)14(10)12/h2,4-5,8,13,18,20H,3,6-7,9H2,1H3,(H,19,21). The lowest BCUT2D eigenvalue weighted by atomic mass is 9.85. The van der Waals surface area contributed by atoms with Crippen LogP contribution in [0.25, 0.3) is 10.9 Å². The third-order valence-electron chi connectivity index (χ3n) is 4.65. The summed E-state index contributed by atoms with van der Waals surface area (Å²) in [6.07, 6.45) is 4.24. The van der Waals surface area contributed by atoms with Crippen molar-refractivity contribution in [1.29, 1.82) is 0 Å². The second kappa shape index (κ2) is 5.15. The Hall–Kier alpha value is -1.88. The number of halogens is 1. The van der Waals surface area contributed by atoms with Gasteiger partial charge in [-0.05, 0) is 25.0 Å². The zero-order valence-corrected chi connectivity index (χ0v) is 11.9. The minimum atomic E-state index is -0.407. The summed E-state index contributed by atoms with van der Waals surface area (Å²) < 4.78 is 13.9. The van der Waals surface area contributed by atoms with Crippen LogP contribution in [0.1, 0.15) is 36.5 Å². The molecule has 1 aliphatic rings. The van der Waals surface area contributed by atoms with E-state index in [0.717, 1.165) is 19.3 Å². The van der Waals surface area contributed by atoms with E-state index < -0.39 is 5.82 Å². The summed E-state index contributed by atoms with van der Waals surface area (Å²) in [6.45, 7) is 2.01. The quantitative estimate of drug-likeness (QED) is 0.813. The summed E-state index contributed by atoms with van der Waals surface area (Å²) in [6, 6.07) is 4.62. The first kappa shape index (κ1) is 14.1. The van der Waals surface area contributed by atoms with Gasteiger partial charge >= 0.3 is 0 Å². The molecule has 1 amide bonds. The van der Waals surface area contributed by atoms with E-state index in [0.29, 0.717) is 16.5 Å². The number of amides is 1. The van der Waals surface area contributed by atoms with Crippen LogP contribution in [0.15, 0.2) is 24.4 Å². The number of H-pyrrole nitrogens is 1. The van der Waals surface area contributed by atoms with Crippen LogP contribution in [0.3, 0.4) is 0 Å². The highest BCUT2D eigenvalue weighted by atomic mass is 19.1. The number of carbonyl (C=O) groups is 1. The molecule has 1 saturated carbocycles. The molecule has 0 bridgehead atoms. The van der Waals surface area contributed by atoms with Crippen molar-refractivity contribution in [3.05, 3.63) is 35.8 Å². The molecule has 3 N–H and O–H groups in total. The molecule has 0 saturated heterocycles. The van der Waals surface area contributed by atoms with Crippen LogP contribution >= 0.6 is 0 Å². The monoisotopic (exact) mass is 290 g/mol. The van der Waals surface area contributed by atoms with Gasteiger partial charge < -0.3 is 15.4 Å². The normalized spacial score (nSPS) is 25.4. The Bertz CT molecular complexity index is 682. The molecular formula is C16H19FN2O2. The van der Waals surface area contributed by atoms with Crippen molar-refractivity contribution in [3.63, 3.8) is 0 Å². The maximum Gasteiger partial charge on any atom is 0.253 e. The van der Waals surface area contributed by atoms with Gasteiger partial charge in [-0.2, -0.15) is 0 Å². The lowest BCUT2D eigenvalue weighted by Crippen LogP contribution is -2.44. The number of fused-ring (bicyclic) bond motifs is 1. The zero-order chi connectivity index (χ0) is 15.0. The van der Waals surface area contributed by atoms with Gasteiger partial charge in [0.05, 0.1) is 12.2 Å². The zero-order valence-electron chi connectivity index (χ0n) is 11.9. The topological polar surface area (TPSA) is 65.1 Å². The van der Waals surface area contributed by atoms with Gasteiger partial charge in [-0.3, -0.25) is 4.79 Å². The molecule has 0 spiro atoms. The number of nitrogens with one attached hydrogen (secondary N) is 2. The van der Waals surface area contributed by atoms with Gasteiger partial charge in [0, 0.05) is 28.6 Å². The SMILES string of the molecule is CC1(CO)CCCC1NC(=O)c1c[nH]c2cccc(F)c12. The predicted octanol–water partition coefficient (Wildman–Crippen LogP) is 2.59. The average molecular weight is 290 g/mol. The van der Waals surface area contributed by atoms with E-state index >= 15 is 0 Å². The van der Waals surface area contributed by atoms with Crippen LogP contribution in [-0.4, -0.2) is 28.6 Å². The fourth-order valence-corrected chi connectivity index (χ4v) is 3.22. The molecule has 0 aliphatic heterocycles. The Balaban J connectivity index is 1.88. The molecule has 1 heterocycles. The molecule has 4 nitrogen and oxygen atoms in total. The Labute approximate surface area is 122 Å². The van der Waals surface area contributed by atoms with E-state index in [-0.39, 0.29) is 24.0 Å². The molecule has 2 aromatic rings. The van der Waals surface area contributed by atoms with Crippen LogP contribution in [0.4, 0.5) is 4.39 Å². The lowest BCUT2D eigenvalue weighted by molar-refractivity contribution is 0.0832. The molecule has 5 heteroatoms. The second-order valence-corrected chi connectivity index (χ2v) is 6.10. The van der Waals surface area contributed by atoms with Gasteiger partial charge in [0.2, 0.25) is 0 Å². The van der Waals surface area contributed by atoms with Crippen LogP contribution in [0.5, 0.6) is 0 Å². The number of aliphatic hydroxyl groups is 1. The number of rotatable bonds is 3. The number of carbonyl (C=O) groups excluding carboxylic acids is 1. The minimum Gasteiger partial charge on any atom is -0.396 e. The summed E-state index contributed by atoms with van der Waals surface area (Å²) in [5.74, 6) is -0.701. The van der Waals surface area contributed by atoms with Crippen LogP contribution < -0.4 is 5.32 Å². The van der Waals surface area contributed by atoms with E-state index in [1.54, 1.807) is 12.1 Å². The molecule has 1 aliphatic carbocycles. The Kier molecular flexibility index (Phi) is 3.45. The van der Waals surface area contributed by atoms with Crippen molar-refractivity contribution in [3.8, 4) is 0 Å². The van der Waals surface area contributed by atoms with Crippen LogP contribution in [0.2, 0.25) is 0 Å². The smallest absolute Gasteiger partial charge is 0.253 e. The highest BCUT2D eigenvalue weighted by Gasteiger charge is 2.39. The van der Waals surface area contributed by atoms with Gasteiger partial charge in [-0.15, -0.1) is 0 Å². The largest absolute Gasteiger partial charge is 0.396 e. The molecule has 0 radical (unpaired) electrons. The number of hydrogen-bond acceptors (Lipinski definition) is 2. The maximum absolute atomic E-state index is 13.9. The highest BCUT2D eigenvalue weighted by molar-refractivity contribution is 6.07. The lowest BCUT2D eigenvalue weighted by Gasteiger charge is -2.30. The predicted molar refractivity (Wildman–Crippen MR) is 78.6 cm³/mol. The summed E-state index contributed by atoms with van der Waals surface area (Å²) in [4.78, 5) is 15.4. The number of hydrogen-bond donors (Lipinski definition) is 3. The molecule has 21 heavy (non-hydrogen) atoms. The fourth-order valence-electron chi connectivity index (χ4n) is 3.22. The first-order chi connectivity index (χ1) is 10.0. The van der Waals surface area contributed by atoms with Gasteiger partial charge in [0.1, 0.15) is 5.82 Å². The first-order valence-corrected chi connectivity index (χ1v) is 7.22. The summed E-state index contributed by atoms with van der Waals surface area (Å²) in [5.41, 5.74) is 0.632. The Morgan fingerprint density at radius 2 is 2.38 bits per heavy atom. The van der Waals surface area contributed by atoms with Crippen molar-refractivity contribution in [2.45, 2.75) is 32.2 Å². The van der Waals surface area contributed by atoms with E-state index in [4.69, 9.17) is 0 Å². The third-order valence-corrected chi connectivity index (χ3v) is 4.65. The number of aliphatic hydroxyl groups excluding tert-OH is 1. The Morgan fingerprint density at radius 3 is 3.14 bits per heavy atom. The van der Waals surface area contributed by atoms with Crippen molar-refractivity contribution < 1.29 is 14.3 Å².